The Morgan fingerprint density at radius 2 is 1.62 bits per heavy atom. The highest BCUT2D eigenvalue weighted by atomic mass is 35.5. The van der Waals surface area contributed by atoms with Gasteiger partial charge in [-0.25, -0.2) is 14.4 Å². The number of nitrogens with one attached hydrogen (secondary N) is 1. The highest BCUT2D eigenvalue weighted by molar-refractivity contribution is 6.36. The van der Waals surface area contributed by atoms with Crippen molar-refractivity contribution in [1.82, 2.24) is 0 Å². The second-order valence-corrected chi connectivity index (χ2v) is 10.1. The highest BCUT2D eigenvalue weighted by Gasteiger charge is 2.29. The second kappa shape index (κ2) is 11.3. The van der Waals surface area contributed by atoms with Crippen molar-refractivity contribution >= 4 is 52.7 Å². The summed E-state index contributed by atoms with van der Waals surface area (Å²) in [5.41, 5.74) is -0.795. The molecule has 202 valence electrons. The molecule has 0 heterocycles. The lowest BCUT2D eigenvalue weighted by Gasteiger charge is -2.33. The van der Waals surface area contributed by atoms with E-state index in [1.165, 1.54) is 18.2 Å². The van der Waals surface area contributed by atoms with Crippen molar-refractivity contribution in [3.8, 4) is 16.9 Å². The number of hydrogen-bond donors (Lipinski definition) is 4. The molecule has 1 aliphatic carbocycles. The fraction of sp³-hybridized carbons (Fsp3) is 0.214. The first-order valence-corrected chi connectivity index (χ1v) is 12.6. The van der Waals surface area contributed by atoms with E-state index in [2.05, 4.69) is 12.2 Å². The highest BCUT2D eigenvalue weighted by Crippen LogP contribution is 2.36. The Morgan fingerprint density at radius 1 is 0.897 bits per heavy atom. The average Bonchev–Trinajstić information content (AvgIpc) is 2.87. The topological polar surface area (TPSA) is 150 Å². The molecule has 0 bridgehead atoms. The Kier molecular flexibility index (Phi) is 8.13. The van der Waals surface area contributed by atoms with Crippen LogP contribution in [0.2, 0.25) is 10.0 Å². The molecular formula is C28H23Cl2NO8. The van der Waals surface area contributed by atoms with Gasteiger partial charge in [-0.2, -0.15) is 0 Å². The summed E-state index contributed by atoms with van der Waals surface area (Å²) in [5.74, 6) is -4.99. The van der Waals surface area contributed by atoms with Crippen LogP contribution < -0.4 is 5.32 Å². The van der Waals surface area contributed by atoms with Crippen molar-refractivity contribution in [2.75, 3.05) is 11.9 Å². The number of esters is 1. The summed E-state index contributed by atoms with van der Waals surface area (Å²) >= 11 is 12.4. The number of ether oxygens (including phenoxy) is 1. The van der Waals surface area contributed by atoms with Crippen LogP contribution >= 0.6 is 23.2 Å². The van der Waals surface area contributed by atoms with Gasteiger partial charge in [0.2, 0.25) is 0 Å². The van der Waals surface area contributed by atoms with Crippen molar-refractivity contribution < 1.29 is 39.2 Å². The summed E-state index contributed by atoms with van der Waals surface area (Å²) in [5, 5.41) is 32.0. The summed E-state index contributed by atoms with van der Waals surface area (Å²) in [7, 11) is 0. The van der Waals surface area contributed by atoms with Gasteiger partial charge >= 0.3 is 17.9 Å². The molecule has 2 atom stereocenters. The Bertz CT molecular complexity index is 1500. The summed E-state index contributed by atoms with van der Waals surface area (Å²) in [4.78, 5) is 49.6. The molecule has 2 unspecified atom stereocenters. The van der Waals surface area contributed by atoms with Gasteiger partial charge in [0.15, 0.2) is 0 Å². The molecule has 39 heavy (non-hydrogen) atoms. The van der Waals surface area contributed by atoms with Gasteiger partial charge in [0.25, 0.3) is 5.91 Å². The Morgan fingerprint density at radius 3 is 2.21 bits per heavy atom. The Balaban J connectivity index is 1.75. The van der Waals surface area contributed by atoms with Crippen LogP contribution in [0.1, 0.15) is 61.2 Å². The number of halogens is 2. The number of aromatic carboxylic acids is 2. The third kappa shape index (κ3) is 6.00. The molecule has 0 radical (unpaired) electrons. The maximum Gasteiger partial charge on any atom is 0.340 e. The minimum Gasteiger partial charge on any atom is -0.507 e. The molecule has 1 amide bonds. The number of aromatic hydroxyl groups is 1. The summed E-state index contributed by atoms with van der Waals surface area (Å²) in [6.45, 7) is 2.28. The first kappa shape index (κ1) is 27.9. The molecular weight excluding hydrogens is 549 g/mol. The van der Waals surface area contributed by atoms with Crippen LogP contribution in [0.5, 0.6) is 5.75 Å². The molecule has 1 aliphatic rings. The van der Waals surface area contributed by atoms with Gasteiger partial charge in [-0.05, 0) is 66.6 Å². The van der Waals surface area contributed by atoms with Crippen LogP contribution in [-0.4, -0.2) is 45.7 Å². The number of rotatable bonds is 8. The van der Waals surface area contributed by atoms with E-state index in [4.69, 9.17) is 27.9 Å². The van der Waals surface area contributed by atoms with E-state index >= 15 is 0 Å². The molecule has 9 nitrogen and oxygen atoms in total. The molecule has 4 N–H and O–H groups in total. The van der Waals surface area contributed by atoms with Crippen molar-refractivity contribution in [1.29, 1.82) is 0 Å². The predicted molar refractivity (Wildman–Crippen MR) is 144 cm³/mol. The van der Waals surface area contributed by atoms with E-state index in [0.29, 0.717) is 33.2 Å². The van der Waals surface area contributed by atoms with Crippen LogP contribution in [-0.2, 0) is 4.74 Å². The largest absolute Gasteiger partial charge is 0.507 e. The fourth-order valence-electron chi connectivity index (χ4n) is 4.27. The molecule has 1 fully saturated rings. The number of carbonyl (C=O) groups excluding carboxylic acids is 2. The number of hydrogen-bond acceptors (Lipinski definition) is 6. The fourth-order valence-corrected chi connectivity index (χ4v) is 4.79. The first-order valence-electron chi connectivity index (χ1n) is 11.9. The zero-order valence-electron chi connectivity index (χ0n) is 20.5. The molecule has 1 saturated carbocycles. The Hall–Kier alpha value is -4.08. The van der Waals surface area contributed by atoms with Crippen LogP contribution in [0.4, 0.5) is 5.69 Å². The van der Waals surface area contributed by atoms with Crippen molar-refractivity contribution in [3.05, 3.63) is 80.8 Å². The normalized spacial score (nSPS) is 16.2. The molecule has 3 aromatic rings. The Labute approximate surface area is 232 Å². The molecule has 4 rings (SSSR count). The molecule has 0 saturated heterocycles. The number of anilines is 1. The minimum atomic E-state index is -1.57. The van der Waals surface area contributed by atoms with Crippen molar-refractivity contribution in [3.63, 3.8) is 0 Å². The van der Waals surface area contributed by atoms with Crippen molar-refractivity contribution in [2.24, 2.45) is 11.8 Å². The summed E-state index contributed by atoms with van der Waals surface area (Å²) in [6, 6.07) is 10.8. The number of phenols is 1. The number of amides is 1. The van der Waals surface area contributed by atoms with Gasteiger partial charge in [-0.3, -0.25) is 4.79 Å². The van der Waals surface area contributed by atoms with Gasteiger partial charge in [-0.15, -0.1) is 0 Å². The van der Waals surface area contributed by atoms with Gasteiger partial charge < -0.3 is 25.4 Å². The van der Waals surface area contributed by atoms with Gasteiger partial charge in [0.1, 0.15) is 11.3 Å². The minimum absolute atomic E-state index is 0.00160. The number of benzene rings is 3. The standard InChI is InChI=1S/C28H23Cl2NO8/c1-13-2-3-15(13)12-39-28(38)18-6-4-14(17-7-5-16(29)9-22(17)30)8-23(18)31-25(33)19-10-21(27(36)37)24(32)11-20(19)26(34)35/h4-11,13,15,32H,2-3,12H2,1H3,(H,31,33)(H,34,35)(H,36,37). The predicted octanol–water partition coefficient (Wildman–Crippen LogP) is 6.22. The lowest BCUT2D eigenvalue weighted by Crippen LogP contribution is -2.29. The van der Waals surface area contributed by atoms with E-state index in [-0.39, 0.29) is 23.8 Å². The van der Waals surface area contributed by atoms with E-state index in [1.807, 2.05) is 0 Å². The SMILES string of the molecule is CC1CCC1COC(=O)c1ccc(-c2ccc(Cl)cc2Cl)cc1NC(=O)c1cc(C(=O)O)c(O)cc1C(=O)O. The lowest BCUT2D eigenvalue weighted by molar-refractivity contribution is 0.0267. The van der Waals surface area contributed by atoms with E-state index in [9.17, 15) is 34.5 Å². The molecule has 3 aromatic carbocycles. The number of carboxylic acid groups (broad SMARTS) is 2. The average molecular weight is 572 g/mol. The van der Waals surface area contributed by atoms with Gasteiger partial charge in [0.05, 0.1) is 29.0 Å². The maximum absolute atomic E-state index is 13.3. The second-order valence-electron chi connectivity index (χ2n) is 9.28. The number of carbonyl (C=O) groups is 4. The van der Waals surface area contributed by atoms with E-state index in [1.54, 1.807) is 18.2 Å². The lowest BCUT2D eigenvalue weighted by atomic mass is 9.75. The van der Waals surface area contributed by atoms with Gasteiger partial charge in [-0.1, -0.05) is 42.3 Å². The zero-order valence-corrected chi connectivity index (χ0v) is 22.0. The van der Waals surface area contributed by atoms with Crippen LogP contribution in [0.15, 0.2) is 48.5 Å². The molecule has 0 spiro atoms. The maximum atomic E-state index is 13.3. The zero-order chi connectivity index (χ0) is 28.4. The third-order valence-corrected chi connectivity index (χ3v) is 7.34. The first-order chi connectivity index (χ1) is 18.5. The molecule has 0 aromatic heterocycles. The van der Waals surface area contributed by atoms with Crippen LogP contribution in [0.3, 0.4) is 0 Å². The van der Waals surface area contributed by atoms with Crippen molar-refractivity contribution in [2.45, 2.75) is 19.8 Å². The van der Waals surface area contributed by atoms with Gasteiger partial charge in [0, 0.05) is 15.6 Å². The smallest absolute Gasteiger partial charge is 0.340 e. The monoisotopic (exact) mass is 571 g/mol. The third-order valence-electron chi connectivity index (χ3n) is 6.80. The molecule has 11 heteroatoms. The quantitative estimate of drug-likeness (QED) is 0.233. The summed E-state index contributed by atoms with van der Waals surface area (Å²) in [6.07, 6.45) is 1.99. The van der Waals surface area contributed by atoms with Crippen LogP contribution in [0.25, 0.3) is 11.1 Å². The molecule has 0 aliphatic heterocycles. The summed E-state index contributed by atoms with van der Waals surface area (Å²) < 4.78 is 5.51. The van der Waals surface area contributed by atoms with E-state index in [0.717, 1.165) is 18.9 Å². The van der Waals surface area contributed by atoms with E-state index < -0.39 is 46.3 Å². The van der Waals surface area contributed by atoms with Crippen LogP contribution in [0, 0.1) is 11.8 Å². The number of carboxylic acids is 2.